The van der Waals surface area contributed by atoms with Crippen LogP contribution in [-0.2, 0) is 24.3 Å². The van der Waals surface area contributed by atoms with Gasteiger partial charge in [0.05, 0.1) is 5.02 Å². The number of benzene rings is 3. The number of aryl methyl sites for hydroxylation is 1. The maximum Gasteiger partial charge on any atom is 0.227 e. The number of amides is 1. The van der Waals surface area contributed by atoms with Crippen LogP contribution in [0.15, 0.2) is 83.4 Å². The van der Waals surface area contributed by atoms with Gasteiger partial charge in [-0.15, -0.1) is 0 Å². The summed E-state index contributed by atoms with van der Waals surface area (Å²) in [5.74, 6) is 1.00. The van der Waals surface area contributed by atoms with E-state index in [9.17, 15) is 4.79 Å². The Morgan fingerprint density at radius 1 is 0.825 bits per heavy atom. The molecule has 6 nitrogen and oxygen atoms in total. The summed E-state index contributed by atoms with van der Waals surface area (Å²) in [4.78, 5) is 22.6. The van der Waals surface area contributed by atoms with Gasteiger partial charge in [0.15, 0.2) is 0 Å². The predicted octanol–water partition coefficient (Wildman–Crippen LogP) is 7.71. The third kappa shape index (κ3) is 7.51. The van der Waals surface area contributed by atoms with Crippen molar-refractivity contribution in [1.29, 1.82) is 0 Å². The summed E-state index contributed by atoms with van der Waals surface area (Å²) >= 11 is 6.29. The minimum Gasteiger partial charge on any atom is -0.367 e. The smallest absolute Gasteiger partial charge is 0.227 e. The Labute approximate surface area is 242 Å². The Bertz CT molecular complexity index is 1370. The zero-order chi connectivity index (χ0) is 27.6. The van der Waals surface area contributed by atoms with E-state index in [2.05, 4.69) is 69.6 Å². The standard InChI is InChI=1S/C33H37ClN4O2/c34-29-18-10-9-17-28(29)33-35-31(40-36-33)20-21-32(39)38-23-13-4-2-1-3-12-22-37(24-26-14-6-5-7-15-26)30-19-11-8-16-27(30)25-38/h5-11,14-19H,1-4,12-13,20-25H2. The van der Waals surface area contributed by atoms with E-state index in [0.717, 1.165) is 38.0 Å². The lowest BCUT2D eigenvalue weighted by molar-refractivity contribution is -0.132. The van der Waals surface area contributed by atoms with E-state index in [-0.39, 0.29) is 5.91 Å². The number of rotatable bonds is 6. The van der Waals surface area contributed by atoms with Gasteiger partial charge in [-0.25, -0.2) is 0 Å². The molecule has 0 saturated carbocycles. The number of fused-ring (bicyclic) bond motifs is 1. The number of carbonyl (C=O) groups excluding carboxylic acids is 1. The first kappa shape index (κ1) is 27.9. The highest BCUT2D eigenvalue weighted by Gasteiger charge is 2.20. The summed E-state index contributed by atoms with van der Waals surface area (Å²) in [7, 11) is 0. The van der Waals surface area contributed by atoms with Crippen LogP contribution in [-0.4, -0.2) is 34.0 Å². The van der Waals surface area contributed by atoms with Gasteiger partial charge in [0.25, 0.3) is 0 Å². The Kier molecular flexibility index (Phi) is 9.86. The number of para-hydroxylation sites is 1. The largest absolute Gasteiger partial charge is 0.367 e. The molecule has 4 aromatic rings. The summed E-state index contributed by atoms with van der Waals surface area (Å²) in [6.07, 6.45) is 7.72. The molecule has 0 saturated heterocycles. The third-order valence-electron chi connectivity index (χ3n) is 7.50. The molecule has 0 aliphatic carbocycles. The summed E-state index contributed by atoms with van der Waals surface area (Å²) in [6.45, 7) is 3.21. The second-order valence-electron chi connectivity index (χ2n) is 10.5. The zero-order valence-corrected chi connectivity index (χ0v) is 23.7. The molecule has 0 radical (unpaired) electrons. The predicted molar refractivity (Wildman–Crippen MR) is 160 cm³/mol. The summed E-state index contributed by atoms with van der Waals surface area (Å²) in [6, 6.07) is 26.6. The molecule has 0 N–H and O–H groups in total. The highest BCUT2D eigenvalue weighted by Crippen LogP contribution is 2.27. The Balaban J connectivity index is 1.31. The zero-order valence-electron chi connectivity index (χ0n) is 23.0. The number of hydrogen-bond acceptors (Lipinski definition) is 5. The Morgan fingerprint density at radius 3 is 2.35 bits per heavy atom. The number of nitrogens with zero attached hydrogens (tertiary/aromatic N) is 4. The first-order valence-electron chi connectivity index (χ1n) is 14.4. The molecule has 1 aliphatic heterocycles. The molecule has 2 heterocycles. The van der Waals surface area contributed by atoms with E-state index in [1.54, 1.807) is 6.07 Å². The van der Waals surface area contributed by atoms with Crippen LogP contribution in [0.4, 0.5) is 5.69 Å². The van der Waals surface area contributed by atoms with Crippen molar-refractivity contribution in [2.24, 2.45) is 0 Å². The fourth-order valence-electron chi connectivity index (χ4n) is 5.33. The van der Waals surface area contributed by atoms with Gasteiger partial charge in [0.2, 0.25) is 17.6 Å². The number of aromatic nitrogens is 2. The van der Waals surface area contributed by atoms with Gasteiger partial charge in [-0.2, -0.15) is 4.98 Å². The first-order chi connectivity index (χ1) is 19.7. The van der Waals surface area contributed by atoms with E-state index in [4.69, 9.17) is 16.1 Å². The molecule has 0 bridgehead atoms. The van der Waals surface area contributed by atoms with Crippen LogP contribution in [0, 0.1) is 0 Å². The molecule has 0 atom stereocenters. The van der Waals surface area contributed by atoms with Gasteiger partial charge < -0.3 is 14.3 Å². The molecule has 0 unspecified atom stereocenters. The Hall–Kier alpha value is -3.64. The minimum atomic E-state index is 0.108. The molecule has 0 spiro atoms. The second kappa shape index (κ2) is 14.1. The SMILES string of the molecule is O=C(CCc1nc(-c2ccccc2Cl)no1)N1CCCCCCCCN(Cc2ccccc2)c2ccccc2C1. The molecule has 208 valence electrons. The van der Waals surface area contributed by atoms with Crippen LogP contribution in [0.25, 0.3) is 11.4 Å². The lowest BCUT2D eigenvalue weighted by Crippen LogP contribution is -2.33. The summed E-state index contributed by atoms with van der Waals surface area (Å²) in [5.41, 5.74) is 4.42. The first-order valence-corrected chi connectivity index (χ1v) is 14.8. The summed E-state index contributed by atoms with van der Waals surface area (Å²) < 4.78 is 5.47. The van der Waals surface area contributed by atoms with Gasteiger partial charge in [-0.1, -0.05) is 103 Å². The van der Waals surface area contributed by atoms with Crippen molar-refractivity contribution in [2.75, 3.05) is 18.0 Å². The van der Waals surface area contributed by atoms with Crippen molar-refractivity contribution in [3.63, 3.8) is 0 Å². The normalized spacial score (nSPS) is 15.0. The highest BCUT2D eigenvalue weighted by atomic mass is 35.5. The van der Waals surface area contributed by atoms with E-state index < -0.39 is 0 Å². The molecule has 0 fully saturated rings. The molecule has 40 heavy (non-hydrogen) atoms. The molecule has 5 rings (SSSR count). The van der Waals surface area contributed by atoms with Gasteiger partial charge in [-0.05, 0) is 42.2 Å². The van der Waals surface area contributed by atoms with Crippen LogP contribution in [0.2, 0.25) is 5.02 Å². The van der Waals surface area contributed by atoms with E-state index in [0.29, 0.717) is 36.1 Å². The lowest BCUT2D eigenvalue weighted by atomic mass is 10.1. The molecular weight excluding hydrogens is 520 g/mol. The van der Waals surface area contributed by atoms with Gasteiger partial charge >= 0.3 is 0 Å². The number of halogens is 1. The maximum absolute atomic E-state index is 13.6. The molecular formula is C33H37ClN4O2. The van der Waals surface area contributed by atoms with Crippen LogP contribution in [0.3, 0.4) is 0 Å². The number of hydrogen-bond donors (Lipinski definition) is 0. The van der Waals surface area contributed by atoms with Gasteiger partial charge in [-0.3, -0.25) is 4.79 Å². The highest BCUT2D eigenvalue weighted by molar-refractivity contribution is 6.33. The van der Waals surface area contributed by atoms with Crippen LogP contribution >= 0.6 is 11.6 Å². The van der Waals surface area contributed by atoms with Gasteiger partial charge in [0, 0.05) is 50.3 Å². The molecule has 1 aliphatic rings. The van der Waals surface area contributed by atoms with Crippen molar-refractivity contribution in [3.05, 3.63) is 101 Å². The van der Waals surface area contributed by atoms with Crippen LogP contribution < -0.4 is 4.90 Å². The number of anilines is 1. The van der Waals surface area contributed by atoms with E-state index in [1.165, 1.54) is 42.5 Å². The number of carbonyl (C=O) groups is 1. The monoisotopic (exact) mass is 556 g/mol. The molecule has 7 heteroatoms. The van der Waals surface area contributed by atoms with Crippen molar-refractivity contribution < 1.29 is 9.32 Å². The average molecular weight is 557 g/mol. The molecule has 1 aromatic heterocycles. The fraction of sp³-hybridized carbons (Fsp3) is 0.364. The van der Waals surface area contributed by atoms with Crippen LogP contribution in [0.5, 0.6) is 0 Å². The average Bonchev–Trinajstić information content (AvgIpc) is 3.46. The van der Waals surface area contributed by atoms with Crippen molar-refractivity contribution in [1.82, 2.24) is 15.0 Å². The maximum atomic E-state index is 13.6. The third-order valence-corrected chi connectivity index (χ3v) is 7.83. The van der Waals surface area contributed by atoms with Crippen molar-refractivity contribution in [2.45, 2.75) is 64.5 Å². The van der Waals surface area contributed by atoms with E-state index >= 15 is 0 Å². The van der Waals surface area contributed by atoms with Crippen molar-refractivity contribution >= 4 is 23.2 Å². The van der Waals surface area contributed by atoms with Gasteiger partial charge in [0.1, 0.15) is 0 Å². The minimum absolute atomic E-state index is 0.108. The Morgan fingerprint density at radius 2 is 1.52 bits per heavy atom. The fourth-order valence-corrected chi connectivity index (χ4v) is 5.55. The quantitative estimate of drug-likeness (QED) is 0.243. The van der Waals surface area contributed by atoms with E-state index in [1.807, 2.05) is 23.1 Å². The molecule has 1 amide bonds. The second-order valence-corrected chi connectivity index (χ2v) is 10.9. The topological polar surface area (TPSA) is 62.5 Å². The summed E-state index contributed by atoms with van der Waals surface area (Å²) in [5, 5.41) is 4.66. The van der Waals surface area contributed by atoms with Crippen molar-refractivity contribution in [3.8, 4) is 11.4 Å². The molecule has 3 aromatic carbocycles. The lowest BCUT2D eigenvalue weighted by Gasteiger charge is -2.30. The van der Waals surface area contributed by atoms with Crippen LogP contribution in [0.1, 0.15) is 62.0 Å².